The first kappa shape index (κ1) is 18.2. The summed E-state index contributed by atoms with van der Waals surface area (Å²) in [4.78, 5) is 12.2. The van der Waals surface area contributed by atoms with E-state index in [9.17, 15) is 10.1 Å². The number of nitrogens with zero attached hydrogens (tertiary/aromatic N) is 1. The summed E-state index contributed by atoms with van der Waals surface area (Å²) < 4.78 is 0. The first-order valence-electron chi connectivity index (χ1n) is 7.90. The van der Waals surface area contributed by atoms with Crippen LogP contribution in [0.15, 0.2) is 30.3 Å². The molecule has 0 aliphatic heterocycles. The number of amides is 1. The molecule has 0 fully saturated rings. The van der Waals surface area contributed by atoms with Gasteiger partial charge in [0.1, 0.15) is 11.6 Å². The van der Waals surface area contributed by atoms with Gasteiger partial charge in [0, 0.05) is 11.5 Å². The number of nitrogens with one attached hydrogen (secondary N) is 1. The van der Waals surface area contributed by atoms with Crippen LogP contribution in [-0.2, 0) is 4.79 Å². The van der Waals surface area contributed by atoms with Gasteiger partial charge in [0.05, 0.1) is 6.07 Å². The fraction of sp³-hybridized carbons (Fsp3) is 0.556. The molecule has 1 aromatic carbocycles. The van der Waals surface area contributed by atoms with Crippen molar-refractivity contribution in [3.05, 3.63) is 35.9 Å². The molecule has 2 atom stereocenters. The van der Waals surface area contributed by atoms with E-state index in [0.717, 1.165) is 0 Å². The molecule has 0 aromatic heterocycles. The van der Waals surface area contributed by atoms with Gasteiger partial charge < -0.3 is 10.6 Å². The maximum atomic E-state index is 12.2. The molecule has 0 saturated heterocycles. The van der Waals surface area contributed by atoms with Crippen LogP contribution in [0.2, 0.25) is 0 Å². The zero-order chi connectivity index (χ0) is 16.8. The van der Waals surface area contributed by atoms with Gasteiger partial charge in [-0.2, -0.15) is 5.26 Å². The van der Waals surface area contributed by atoms with Gasteiger partial charge in [-0.15, -0.1) is 0 Å². The van der Waals surface area contributed by atoms with E-state index in [2.05, 4.69) is 37.4 Å². The van der Waals surface area contributed by atoms with Crippen LogP contribution in [0.1, 0.15) is 46.2 Å². The predicted octanol–water partition coefficient (Wildman–Crippen LogP) is 2.00. The minimum Gasteiger partial charge on any atom is -0.333 e. The van der Waals surface area contributed by atoms with Crippen LogP contribution in [0.3, 0.4) is 0 Å². The average Bonchev–Trinajstić information content (AvgIpc) is 2.47. The molecule has 120 valence electrons. The number of nitrogens with two attached hydrogens (primary N) is 1. The molecule has 3 N–H and O–H groups in total. The SMILES string of the molecule is CC(C)[C@H]([NH2+]CC(=O)N[C@](C)(C#N)C(C)C)c1ccccc1. The van der Waals surface area contributed by atoms with Crippen molar-refractivity contribution < 1.29 is 10.1 Å². The van der Waals surface area contributed by atoms with E-state index in [1.807, 2.05) is 37.4 Å². The Balaban J connectivity index is 2.67. The van der Waals surface area contributed by atoms with Gasteiger partial charge in [0.15, 0.2) is 6.54 Å². The van der Waals surface area contributed by atoms with Crippen molar-refractivity contribution in [2.75, 3.05) is 6.54 Å². The van der Waals surface area contributed by atoms with Crippen molar-refractivity contribution in [3.63, 3.8) is 0 Å². The molecule has 1 rings (SSSR count). The Morgan fingerprint density at radius 3 is 2.32 bits per heavy atom. The lowest BCUT2D eigenvalue weighted by Crippen LogP contribution is -2.88. The zero-order valence-corrected chi connectivity index (χ0v) is 14.3. The van der Waals surface area contributed by atoms with Crippen LogP contribution in [0.25, 0.3) is 0 Å². The molecule has 0 aliphatic rings. The van der Waals surface area contributed by atoms with E-state index in [0.29, 0.717) is 12.5 Å². The highest BCUT2D eigenvalue weighted by atomic mass is 16.2. The second kappa shape index (κ2) is 7.95. The third-order valence-corrected chi connectivity index (χ3v) is 4.25. The van der Waals surface area contributed by atoms with Crippen molar-refractivity contribution in [1.82, 2.24) is 5.32 Å². The normalized spacial score (nSPS) is 15.2. The number of carbonyl (C=O) groups excluding carboxylic acids is 1. The van der Waals surface area contributed by atoms with Crippen LogP contribution < -0.4 is 10.6 Å². The molecule has 0 radical (unpaired) electrons. The van der Waals surface area contributed by atoms with Crippen LogP contribution in [0.5, 0.6) is 0 Å². The summed E-state index contributed by atoms with van der Waals surface area (Å²) in [5.41, 5.74) is 0.405. The molecular formula is C18H28N3O+. The number of quaternary nitrogens is 1. The minimum atomic E-state index is -0.814. The highest BCUT2D eigenvalue weighted by Crippen LogP contribution is 2.17. The van der Waals surface area contributed by atoms with Crippen LogP contribution in [0.4, 0.5) is 0 Å². The largest absolute Gasteiger partial charge is 0.333 e. The summed E-state index contributed by atoms with van der Waals surface area (Å²) in [6.45, 7) is 10.3. The molecule has 0 bridgehead atoms. The smallest absolute Gasteiger partial charge is 0.276 e. The van der Waals surface area contributed by atoms with E-state index < -0.39 is 5.54 Å². The molecular weight excluding hydrogens is 274 g/mol. The van der Waals surface area contributed by atoms with Gasteiger partial charge in [0.2, 0.25) is 0 Å². The fourth-order valence-corrected chi connectivity index (χ4v) is 2.34. The van der Waals surface area contributed by atoms with E-state index in [1.54, 1.807) is 6.92 Å². The number of carbonyl (C=O) groups is 1. The van der Waals surface area contributed by atoms with E-state index >= 15 is 0 Å². The van der Waals surface area contributed by atoms with Crippen LogP contribution >= 0.6 is 0 Å². The van der Waals surface area contributed by atoms with Gasteiger partial charge in [0.25, 0.3) is 5.91 Å². The van der Waals surface area contributed by atoms with Crippen LogP contribution in [0, 0.1) is 23.2 Å². The van der Waals surface area contributed by atoms with Gasteiger partial charge in [-0.3, -0.25) is 4.79 Å². The molecule has 0 spiro atoms. The second-order valence-corrected chi connectivity index (χ2v) is 6.64. The molecule has 22 heavy (non-hydrogen) atoms. The highest BCUT2D eigenvalue weighted by molar-refractivity contribution is 5.78. The average molecular weight is 302 g/mol. The lowest BCUT2D eigenvalue weighted by Gasteiger charge is -2.27. The Labute approximate surface area is 133 Å². The summed E-state index contributed by atoms with van der Waals surface area (Å²) in [6.07, 6.45) is 0. The lowest BCUT2D eigenvalue weighted by atomic mass is 9.90. The maximum Gasteiger partial charge on any atom is 0.276 e. The van der Waals surface area contributed by atoms with Crippen molar-refractivity contribution in [2.24, 2.45) is 11.8 Å². The van der Waals surface area contributed by atoms with Gasteiger partial charge in [-0.05, 0) is 12.8 Å². The Morgan fingerprint density at radius 1 is 1.27 bits per heavy atom. The molecule has 1 amide bonds. The second-order valence-electron chi connectivity index (χ2n) is 6.64. The monoisotopic (exact) mass is 302 g/mol. The lowest BCUT2D eigenvalue weighted by molar-refractivity contribution is -0.692. The van der Waals surface area contributed by atoms with E-state index in [-0.39, 0.29) is 17.9 Å². The molecule has 4 nitrogen and oxygen atoms in total. The standard InChI is InChI=1S/C18H27N3O/c1-13(2)17(15-9-7-6-8-10-15)20-11-16(22)21-18(5,12-19)14(3)4/h6-10,13-14,17,20H,11H2,1-5H3,(H,21,22)/p+1/t17-,18+/m0/s1. The Morgan fingerprint density at radius 2 is 1.86 bits per heavy atom. The number of benzene rings is 1. The summed E-state index contributed by atoms with van der Waals surface area (Å²) >= 11 is 0. The van der Waals surface area contributed by atoms with Gasteiger partial charge >= 0.3 is 0 Å². The first-order chi connectivity index (χ1) is 10.3. The highest BCUT2D eigenvalue weighted by Gasteiger charge is 2.31. The number of hydrogen-bond acceptors (Lipinski definition) is 2. The molecule has 0 unspecified atom stereocenters. The van der Waals surface area contributed by atoms with Crippen molar-refractivity contribution >= 4 is 5.91 Å². The first-order valence-corrected chi connectivity index (χ1v) is 7.90. The van der Waals surface area contributed by atoms with Crippen molar-refractivity contribution in [3.8, 4) is 6.07 Å². The Hall–Kier alpha value is -1.86. The molecule has 0 saturated carbocycles. The van der Waals surface area contributed by atoms with Gasteiger partial charge in [-0.25, -0.2) is 0 Å². The maximum absolute atomic E-state index is 12.2. The Bertz CT molecular complexity index is 519. The number of rotatable bonds is 7. The molecule has 0 aliphatic carbocycles. The quantitative estimate of drug-likeness (QED) is 0.809. The van der Waals surface area contributed by atoms with Crippen molar-refractivity contribution in [2.45, 2.75) is 46.2 Å². The van der Waals surface area contributed by atoms with Crippen molar-refractivity contribution in [1.29, 1.82) is 5.26 Å². The van der Waals surface area contributed by atoms with E-state index in [4.69, 9.17) is 0 Å². The molecule has 0 heterocycles. The fourth-order valence-electron chi connectivity index (χ4n) is 2.34. The minimum absolute atomic E-state index is 0.0662. The summed E-state index contributed by atoms with van der Waals surface area (Å²) in [6, 6.07) is 12.7. The summed E-state index contributed by atoms with van der Waals surface area (Å²) in [5.74, 6) is 0.387. The molecule has 4 heteroatoms. The third-order valence-electron chi connectivity index (χ3n) is 4.25. The predicted molar refractivity (Wildman–Crippen MR) is 87.8 cm³/mol. The number of hydrogen-bond donors (Lipinski definition) is 2. The zero-order valence-electron chi connectivity index (χ0n) is 14.3. The molecule has 1 aromatic rings. The third kappa shape index (κ3) is 4.85. The summed E-state index contributed by atoms with van der Waals surface area (Å²) in [5, 5.41) is 14.2. The summed E-state index contributed by atoms with van der Waals surface area (Å²) in [7, 11) is 0. The van der Waals surface area contributed by atoms with Crippen LogP contribution in [-0.4, -0.2) is 18.0 Å². The topological polar surface area (TPSA) is 69.5 Å². The Kier molecular flexibility index (Phi) is 6.58. The van der Waals surface area contributed by atoms with Gasteiger partial charge in [-0.1, -0.05) is 58.0 Å². The number of nitriles is 1. The van der Waals surface area contributed by atoms with E-state index in [1.165, 1.54) is 5.56 Å².